The van der Waals surface area contributed by atoms with Crippen LogP contribution in [0.1, 0.15) is 6.23 Å². The molecule has 0 amide bonds. The van der Waals surface area contributed by atoms with Crippen molar-refractivity contribution in [2.45, 2.75) is 49.1 Å². The summed E-state index contributed by atoms with van der Waals surface area (Å²) in [6, 6.07) is 0. The number of imidazole rings is 1. The summed E-state index contributed by atoms with van der Waals surface area (Å²) in [6.45, 7) is -1.37. The SMILES string of the molecule is Nc1nc2c(ncn2[C@@H]2O[C@H](COP(=O)(O)O)[C@@H](O)[C@H]2OC2O[C@H](CO)[C@@H](O)[C@H]2O)c(=O)[nH]1. The van der Waals surface area contributed by atoms with E-state index in [0.717, 1.165) is 6.33 Å². The van der Waals surface area contributed by atoms with E-state index in [1.54, 1.807) is 0 Å². The zero-order valence-electron chi connectivity index (χ0n) is 16.6. The lowest BCUT2D eigenvalue weighted by molar-refractivity contribution is -0.219. The number of nitrogen functional groups attached to an aromatic ring is 1. The summed E-state index contributed by atoms with van der Waals surface area (Å²) >= 11 is 0. The smallest absolute Gasteiger partial charge is 0.394 e. The first-order valence-corrected chi connectivity index (χ1v) is 11.1. The number of H-pyrrole nitrogens is 1. The topological polar surface area (TPSA) is 265 Å². The van der Waals surface area contributed by atoms with Crippen molar-refractivity contribution in [3.8, 4) is 0 Å². The van der Waals surface area contributed by atoms with E-state index < -0.39 is 75.7 Å². The number of hydrogen-bond acceptors (Lipinski definition) is 13. The number of anilines is 1. The van der Waals surface area contributed by atoms with Crippen molar-refractivity contribution in [2.24, 2.45) is 0 Å². The van der Waals surface area contributed by atoms with Crippen LogP contribution in [0.2, 0.25) is 0 Å². The van der Waals surface area contributed by atoms with Gasteiger partial charge in [0.15, 0.2) is 23.7 Å². The van der Waals surface area contributed by atoms with Crippen LogP contribution >= 0.6 is 7.82 Å². The Labute approximate surface area is 183 Å². The molecule has 2 aromatic heterocycles. The molecule has 0 aliphatic carbocycles. The summed E-state index contributed by atoms with van der Waals surface area (Å²) in [4.78, 5) is 40.2. The predicted molar refractivity (Wildman–Crippen MR) is 103 cm³/mol. The van der Waals surface area contributed by atoms with Crippen LogP contribution < -0.4 is 11.3 Å². The van der Waals surface area contributed by atoms with Crippen molar-refractivity contribution in [1.82, 2.24) is 19.5 Å². The second-order valence-corrected chi connectivity index (χ2v) is 8.66. The predicted octanol–water partition coefficient (Wildman–Crippen LogP) is -4.11. The van der Waals surface area contributed by atoms with E-state index in [1.165, 1.54) is 4.57 Å². The van der Waals surface area contributed by atoms with Crippen LogP contribution in [0, 0.1) is 0 Å². The standard InChI is InChI=1S/C15H22N5O12P/c16-15-18-11-6(12(25)19-15)17-3-20(11)13-10(8(23)5(30-13)2-29-33(26,27)28)32-14-9(24)7(22)4(1-21)31-14/h3-5,7-10,13-14,21-24H,1-2H2,(H2,26,27,28)(H3,16,18,19,25)/t4-,5-,7-,8-,9-,10-,13-,14?/m1/s1. The van der Waals surface area contributed by atoms with Crippen molar-refractivity contribution < 1.29 is 53.5 Å². The van der Waals surface area contributed by atoms with E-state index in [0.29, 0.717) is 0 Å². The van der Waals surface area contributed by atoms with Gasteiger partial charge in [0, 0.05) is 0 Å². The highest BCUT2D eigenvalue weighted by Gasteiger charge is 2.51. The molecule has 0 aromatic carbocycles. The summed E-state index contributed by atoms with van der Waals surface area (Å²) < 4.78 is 33.3. The van der Waals surface area contributed by atoms with Crippen molar-refractivity contribution >= 4 is 24.9 Å². The van der Waals surface area contributed by atoms with Gasteiger partial charge in [-0.1, -0.05) is 0 Å². The highest BCUT2D eigenvalue weighted by atomic mass is 31.2. The molecule has 184 valence electrons. The number of aliphatic hydroxyl groups is 4. The van der Waals surface area contributed by atoms with Gasteiger partial charge < -0.3 is 50.2 Å². The number of ether oxygens (including phenoxy) is 3. The molecule has 4 rings (SSSR count). The van der Waals surface area contributed by atoms with E-state index in [2.05, 4.69) is 19.5 Å². The average molecular weight is 495 g/mol. The van der Waals surface area contributed by atoms with Crippen LogP contribution in [0.25, 0.3) is 11.2 Å². The number of nitrogens with two attached hydrogens (primary N) is 1. The maximum Gasteiger partial charge on any atom is 0.469 e. The Balaban J connectivity index is 1.67. The molecule has 2 saturated heterocycles. The molecular formula is C15H22N5O12P. The van der Waals surface area contributed by atoms with Crippen LogP contribution in [0.15, 0.2) is 11.1 Å². The molecule has 9 N–H and O–H groups in total. The van der Waals surface area contributed by atoms with Crippen molar-refractivity contribution in [3.05, 3.63) is 16.7 Å². The Morgan fingerprint density at radius 2 is 1.91 bits per heavy atom. The first kappa shape index (κ1) is 24.1. The molecule has 17 nitrogen and oxygen atoms in total. The van der Waals surface area contributed by atoms with Crippen molar-refractivity contribution in [1.29, 1.82) is 0 Å². The molecule has 0 radical (unpaired) electrons. The highest BCUT2D eigenvalue weighted by Crippen LogP contribution is 2.40. The normalized spacial score (nSPS) is 35.0. The summed E-state index contributed by atoms with van der Waals surface area (Å²) in [5, 5.41) is 40.2. The summed E-state index contributed by atoms with van der Waals surface area (Å²) in [6.07, 6.45) is -10.3. The third kappa shape index (κ3) is 4.66. The van der Waals surface area contributed by atoms with Crippen LogP contribution in [-0.4, -0.2) is 106 Å². The molecular weight excluding hydrogens is 473 g/mol. The number of phosphoric acid groups is 1. The number of nitrogens with zero attached hydrogens (tertiary/aromatic N) is 3. The molecule has 0 saturated carbocycles. The first-order chi connectivity index (χ1) is 15.5. The summed E-state index contributed by atoms with van der Waals surface area (Å²) in [5.74, 6) is -0.241. The van der Waals surface area contributed by atoms with Crippen LogP contribution in [0.5, 0.6) is 0 Å². The monoisotopic (exact) mass is 495 g/mol. The fourth-order valence-electron chi connectivity index (χ4n) is 3.66. The summed E-state index contributed by atoms with van der Waals surface area (Å²) in [5.41, 5.74) is 4.76. The Morgan fingerprint density at radius 1 is 1.18 bits per heavy atom. The Kier molecular flexibility index (Phi) is 6.56. The van der Waals surface area contributed by atoms with Crippen molar-refractivity contribution in [2.75, 3.05) is 18.9 Å². The van der Waals surface area contributed by atoms with Gasteiger partial charge in [0.05, 0.1) is 19.5 Å². The molecule has 33 heavy (non-hydrogen) atoms. The lowest BCUT2D eigenvalue weighted by Gasteiger charge is -2.26. The van der Waals surface area contributed by atoms with Gasteiger partial charge in [0.25, 0.3) is 5.56 Å². The van der Waals surface area contributed by atoms with Crippen LogP contribution in [0.4, 0.5) is 5.95 Å². The number of hydrogen-bond donors (Lipinski definition) is 8. The largest absolute Gasteiger partial charge is 0.469 e. The van der Waals surface area contributed by atoms with E-state index in [1.807, 2.05) is 0 Å². The molecule has 4 heterocycles. The molecule has 2 aliphatic rings. The average Bonchev–Trinajstić information content (AvgIpc) is 3.37. The quantitative estimate of drug-likeness (QED) is 0.170. The van der Waals surface area contributed by atoms with Gasteiger partial charge in [-0.2, -0.15) is 4.98 Å². The second-order valence-electron chi connectivity index (χ2n) is 7.42. The van der Waals surface area contributed by atoms with Gasteiger partial charge >= 0.3 is 7.82 Å². The fraction of sp³-hybridized carbons (Fsp3) is 0.667. The third-order valence-electron chi connectivity index (χ3n) is 5.23. The van der Waals surface area contributed by atoms with Crippen LogP contribution in [0.3, 0.4) is 0 Å². The molecule has 1 unspecified atom stereocenters. The van der Waals surface area contributed by atoms with E-state index in [4.69, 9.17) is 29.7 Å². The Bertz CT molecular complexity index is 1100. The Hall–Kier alpha value is -2.02. The maximum atomic E-state index is 12.1. The maximum absolute atomic E-state index is 12.1. The number of aromatic nitrogens is 4. The lowest BCUT2D eigenvalue weighted by Crippen LogP contribution is -2.42. The number of aliphatic hydroxyl groups excluding tert-OH is 4. The number of rotatable bonds is 7. The van der Waals surface area contributed by atoms with E-state index >= 15 is 0 Å². The molecule has 0 bridgehead atoms. The molecule has 8 atom stereocenters. The number of fused-ring (bicyclic) bond motifs is 1. The van der Waals surface area contributed by atoms with Gasteiger partial charge in [-0.3, -0.25) is 18.9 Å². The second kappa shape index (κ2) is 8.97. The lowest BCUT2D eigenvalue weighted by atomic mass is 10.1. The van der Waals surface area contributed by atoms with Crippen LogP contribution in [-0.2, 0) is 23.3 Å². The molecule has 18 heteroatoms. The van der Waals surface area contributed by atoms with Gasteiger partial charge in [0.2, 0.25) is 5.95 Å². The van der Waals surface area contributed by atoms with Gasteiger partial charge in [-0.25, -0.2) is 9.55 Å². The summed E-state index contributed by atoms with van der Waals surface area (Å²) in [7, 11) is -4.91. The minimum Gasteiger partial charge on any atom is -0.394 e. The number of aromatic amines is 1. The van der Waals surface area contributed by atoms with Gasteiger partial charge in [0.1, 0.15) is 36.6 Å². The highest BCUT2D eigenvalue weighted by molar-refractivity contribution is 7.46. The first-order valence-electron chi connectivity index (χ1n) is 9.54. The Morgan fingerprint density at radius 3 is 2.55 bits per heavy atom. The minimum atomic E-state index is -4.91. The van der Waals surface area contributed by atoms with E-state index in [-0.39, 0.29) is 17.1 Å². The number of nitrogens with one attached hydrogen (secondary N) is 1. The van der Waals surface area contributed by atoms with Gasteiger partial charge in [-0.15, -0.1) is 0 Å². The zero-order valence-corrected chi connectivity index (χ0v) is 17.5. The molecule has 2 fully saturated rings. The molecule has 0 spiro atoms. The zero-order chi connectivity index (χ0) is 24.1. The third-order valence-corrected chi connectivity index (χ3v) is 5.72. The fourth-order valence-corrected chi connectivity index (χ4v) is 4.00. The van der Waals surface area contributed by atoms with Gasteiger partial charge in [-0.05, 0) is 0 Å². The molecule has 2 aromatic rings. The van der Waals surface area contributed by atoms with Crippen molar-refractivity contribution in [3.63, 3.8) is 0 Å². The number of phosphoric ester groups is 1. The minimum absolute atomic E-state index is 0.0558. The molecule has 2 aliphatic heterocycles. The van der Waals surface area contributed by atoms with E-state index in [9.17, 15) is 29.8 Å².